The number of aliphatic hydroxyl groups excluding tert-OH is 1. The molecule has 1 aromatic carbocycles. The third-order valence-electron chi connectivity index (χ3n) is 1.57. The zero-order chi connectivity index (χ0) is 10.6. The molecule has 0 heterocycles. The highest BCUT2D eigenvalue weighted by atomic mass is 16.3. The van der Waals surface area contributed by atoms with Crippen LogP contribution in [0, 0.1) is 0 Å². The largest absolute Gasteiger partial charge is 0.508 e. The second kappa shape index (κ2) is 4.48. The van der Waals surface area contributed by atoms with Gasteiger partial charge in [-0.1, -0.05) is 0 Å². The van der Waals surface area contributed by atoms with E-state index in [2.05, 4.69) is 4.99 Å². The van der Waals surface area contributed by atoms with E-state index < -0.39 is 0 Å². The zero-order valence-corrected chi connectivity index (χ0v) is 7.38. The summed E-state index contributed by atoms with van der Waals surface area (Å²) in [6.07, 6.45) is 1.24. The van der Waals surface area contributed by atoms with Crippen LogP contribution in [0.15, 0.2) is 17.1 Å². The molecule has 5 heteroatoms. The number of rotatable bonds is 3. The molecule has 0 atom stereocenters. The minimum absolute atomic E-state index is 0.101. The van der Waals surface area contributed by atoms with Crippen LogP contribution >= 0.6 is 0 Å². The quantitative estimate of drug-likeness (QED) is 0.521. The van der Waals surface area contributed by atoms with Crippen molar-refractivity contribution in [2.45, 2.75) is 0 Å². The highest BCUT2D eigenvalue weighted by Crippen LogP contribution is 2.30. The lowest BCUT2D eigenvalue weighted by atomic mass is 10.2. The second-order valence-corrected chi connectivity index (χ2v) is 2.66. The summed E-state index contributed by atoms with van der Waals surface area (Å²) in [6.45, 7) is 0.0931. The lowest BCUT2D eigenvalue weighted by Gasteiger charge is -2.02. The van der Waals surface area contributed by atoms with Crippen LogP contribution in [0.25, 0.3) is 0 Å². The number of phenols is 3. The van der Waals surface area contributed by atoms with Crippen molar-refractivity contribution in [3.8, 4) is 17.2 Å². The fourth-order valence-corrected chi connectivity index (χ4v) is 0.954. The molecule has 0 amide bonds. The number of aliphatic imine (C=N–C) groups is 1. The maximum Gasteiger partial charge on any atom is 0.131 e. The van der Waals surface area contributed by atoms with Crippen molar-refractivity contribution < 1.29 is 20.4 Å². The molecule has 0 aliphatic rings. The van der Waals surface area contributed by atoms with Crippen LogP contribution in [0.2, 0.25) is 0 Å². The van der Waals surface area contributed by atoms with Gasteiger partial charge in [0, 0.05) is 18.3 Å². The molecule has 0 unspecified atom stereocenters. The average Bonchev–Trinajstić information content (AvgIpc) is 2.09. The van der Waals surface area contributed by atoms with Crippen molar-refractivity contribution >= 4 is 6.21 Å². The van der Waals surface area contributed by atoms with Crippen molar-refractivity contribution in [3.05, 3.63) is 17.7 Å². The Labute approximate surface area is 80.6 Å². The van der Waals surface area contributed by atoms with Crippen LogP contribution < -0.4 is 0 Å². The van der Waals surface area contributed by atoms with Crippen molar-refractivity contribution in [2.24, 2.45) is 4.99 Å². The minimum Gasteiger partial charge on any atom is -0.508 e. The number of nitrogens with zero attached hydrogens (tertiary/aromatic N) is 1. The summed E-state index contributed by atoms with van der Waals surface area (Å²) < 4.78 is 0. The Morgan fingerprint density at radius 1 is 1.14 bits per heavy atom. The van der Waals surface area contributed by atoms with E-state index in [9.17, 15) is 10.2 Å². The minimum atomic E-state index is -0.260. The lowest BCUT2D eigenvalue weighted by molar-refractivity contribution is 0.307. The molecule has 76 valence electrons. The fraction of sp³-hybridized carbons (Fsp3) is 0.222. The molecule has 0 bridgehead atoms. The molecule has 1 aromatic rings. The fourth-order valence-electron chi connectivity index (χ4n) is 0.954. The Morgan fingerprint density at radius 2 is 1.71 bits per heavy atom. The summed E-state index contributed by atoms with van der Waals surface area (Å²) in [6, 6.07) is 2.19. The standard InChI is InChI=1S/C9H11NO4/c11-2-1-10-5-7-8(13)3-6(12)4-9(7)14/h3-5,11-14H,1-2H2/b10-5+. The summed E-state index contributed by atoms with van der Waals surface area (Å²) in [5.74, 6) is -0.743. The number of phenolic OH excluding ortho intramolecular Hbond substituents is 3. The zero-order valence-electron chi connectivity index (χ0n) is 7.38. The van der Waals surface area contributed by atoms with Crippen LogP contribution in [-0.4, -0.2) is 39.8 Å². The van der Waals surface area contributed by atoms with Crippen LogP contribution in [0.1, 0.15) is 5.56 Å². The average molecular weight is 197 g/mol. The Morgan fingerprint density at radius 3 is 2.21 bits per heavy atom. The predicted molar refractivity (Wildman–Crippen MR) is 51.0 cm³/mol. The van der Waals surface area contributed by atoms with Crippen molar-refractivity contribution in [1.82, 2.24) is 0 Å². The number of aromatic hydroxyl groups is 3. The van der Waals surface area contributed by atoms with E-state index in [0.29, 0.717) is 0 Å². The van der Waals surface area contributed by atoms with Gasteiger partial charge in [0.2, 0.25) is 0 Å². The molecule has 0 radical (unpaired) electrons. The van der Waals surface area contributed by atoms with E-state index in [1.165, 1.54) is 6.21 Å². The van der Waals surface area contributed by atoms with Crippen LogP contribution in [0.4, 0.5) is 0 Å². The van der Waals surface area contributed by atoms with Gasteiger partial charge in [-0.15, -0.1) is 0 Å². The van der Waals surface area contributed by atoms with Gasteiger partial charge in [-0.3, -0.25) is 4.99 Å². The van der Waals surface area contributed by atoms with E-state index in [4.69, 9.17) is 10.2 Å². The topological polar surface area (TPSA) is 93.3 Å². The van der Waals surface area contributed by atoms with Crippen LogP contribution in [0.3, 0.4) is 0 Å². The molecule has 1 rings (SSSR count). The highest BCUT2D eigenvalue weighted by molar-refractivity contribution is 5.87. The Hall–Kier alpha value is -1.75. The van der Waals surface area contributed by atoms with E-state index in [0.717, 1.165) is 12.1 Å². The molecule has 0 fully saturated rings. The number of hydrogen-bond donors (Lipinski definition) is 4. The summed E-state index contributed by atoms with van der Waals surface area (Å²) in [5, 5.41) is 36.0. The molecular formula is C9H11NO4. The first-order valence-corrected chi connectivity index (χ1v) is 4.00. The molecule has 0 aromatic heterocycles. The summed E-state index contributed by atoms with van der Waals surface area (Å²) >= 11 is 0. The molecule has 14 heavy (non-hydrogen) atoms. The van der Waals surface area contributed by atoms with Gasteiger partial charge in [0.05, 0.1) is 18.7 Å². The van der Waals surface area contributed by atoms with E-state index in [1.807, 2.05) is 0 Å². The Kier molecular flexibility index (Phi) is 3.30. The lowest BCUT2D eigenvalue weighted by Crippen LogP contribution is -1.90. The summed E-state index contributed by atoms with van der Waals surface area (Å²) in [5.41, 5.74) is 0.122. The number of hydrogen-bond acceptors (Lipinski definition) is 5. The molecule has 0 aliphatic carbocycles. The Bertz CT molecular complexity index is 326. The predicted octanol–water partition coefficient (Wildman–Crippen LogP) is 0.215. The second-order valence-electron chi connectivity index (χ2n) is 2.66. The molecule has 0 saturated carbocycles. The van der Waals surface area contributed by atoms with Gasteiger partial charge >= 0.3 is 0 Å². The van der Waals surface area contributed by atoms with Gasteiger partial charge in [0.1, 0.15) is 17.2 Å². The first kappa shape index (κ1) is 10.3. The van der Waals surface area contributed by atoms with Gasteiger partial charge < -0.3 is 20.4 Å². The molecular weight excluding hydrogens is 186 g/mol. The maximum atomic E-state index is 9.30. The third kappa shape index (κ3) is 2.37. The van der Waals surface area contributed by atoms with Gasteiger partial charge in [0.25, 0.3) is 0 Å². The van der Waals surface area contributed by atoms with Crippen molar-refractivity contribution in [3.63, 3.8) is 0 Å². The molecule has 0 aliphatic heterocycles. The first-order chi connectivity index (χ1) is 6.65. The van der Waals surface area contributed by atoms with E-state index in [1.54, 1.807) is 0 Å². The van der Waals surface area contributed by atoms with Gasteiger partial charge in [-0.05, 0) is 0 Å². The van der Waals surface area contributed by atoms with E-state index in [-0.39, 0.29) is 36.0 Å². The third-order valence-corrected chi connectivity index (χ3v) is 1.57. The SMILES string of the molecule is OCC/N=C/c1c(O)cc(O)cc1O. The molecule has 0 spiro atoms. The summed E-state index contributed by atoms with van der Waals surface area (Å²) in [7, 11) is 0. The van der Waals surface area contributed by atoms with E-state index >= 15 is 0 Å². The number of aliphatic hydroxyl groups is 1. The molecule has 5 nitrogen and oxygen atoms in total. The van der Waals surface area contributed by atoms with Gasteiger partial charge in [-0.25, -0.2) is 0 Å². The van der Waals surface area contributed by atoms with Gasteiger partial charge in [0.15, 0.2) is 0 Å². The smallest absolute Gasteiger partial charge is 0.131 e. The molecule has 0 saturated heterocycles. The van der Waals surface area contributed by atoms with Crippen LogP contribution in [-0.2, 0) is 0 Å². The number of benzene rings is 1. The van der Waals surface area contributed by atoms with Gasteiger partial charge in [-0.2, -0.15) is 0 Å². The molecule has 4 N–H and O–H groups in total. The first-order valence-electron chi connectivity index (χ1n) is 4.00. The Balaban J connectivity index is 2.96. The normalized spacial score (nSPS) is 10.9. The summed E-state index contributed by atoms with van der Waals surface area (Å²) in [4.78, 5) is 3.73. The highest BCUT2D eigenvalue weighted by Gasteiger charge is 2.06. The van der Waals surface area contributed by atoms with Crippen molar-refractivity contribution in [1.29, 1.82) is 0 Å². The maximum absolute atomic E-state index is 9.30. The van der Waals surface area contributed by atoms with Crippen LogP contribution in [0.5, 0.6) is 17.2 Å². The van der Waals surface area contributed by atoms with Crippen molar-refractivity contribution in [2.75, 3.05) is 13.2 Å². The monoisotopic (exact) mass is 197 g/mol.